The van der Waals surface area contributed by atoms with Gasteiger partial charge >= 0.3 is 5.97 Å². The Balaban J connectivity index is 2.16. The number of carbonyl (C=O) groups is 1. The van der Waals surface area contributed by atoms with Crippen LogP contribution in [0, 0.1) is 23.2 Å². The first-order valence-electron chi connectivity index (χ1n) is 8.58. The van der Waals surface area contributed by atoms with Crippen molar-refractivity contribution in [2.75, 3.05) is 6.61 Å². The van der Waals surface area contributed by atoms with Gasteiger partial charge in [-0.1, -0.05) is 72.8 Å². The second kappa shape index (κ2) is 10.1. The lowest BCUT2D eigenvalue weighted by molar-refractivity contribution is -0.147. The first kappa shape index (κ1) is 18.5. The standard InChI is InChI=1S/C22H23NO2/c1-2-25-22(24)21(17-23)20(15-13-18-9-5-3-6-10-18)16-14-19-11-7-4-8-12-19/h3-13,15,20-21H,2,14,16H2,1H3/b15-13+. The lowest BCUT2D eigenvalue weighted by Gasteiger charge is -2.17. The van der Waals surface area contributed by atoms with Gasteiger partial charge in [0.2, 0.25) is 0 Å². The van der Waals surface area contributed by atoms with E-state index < -0.39 is 11.9 Å². The fourth-order valence-corrected chi connectivity index (χ4v) is 2.71. The third-order valence-electron chi connectivity index (χ3n) is 4.05. The molecule has 2 atom stereocenters. The van der Waals surface area contributed by atoms with Crippen molar-refractivity contribution in [3.8, 4) is 6.07 Å². The lowest BCUT2D eigenvalue weighted by Crippen LogP contribution is -2.24. The molecule has 2 unspecified atom stereocenters. The van der Waals surface area contributed by atoms with Crippen molar-refractivity contribution in [3.63, 3.8) is 0 Å². The van der Waals surface area contributed by atoms with E-state index in [4.69, 9.17) is 4.74 Å². The molecule has 2 rings (SSSR count). The van der Waals surface area contributed by atoms with E-state index in [1.165, 1.54) is 5.56 Å². The fourth-order valence-electron chi connectivity index (χ4n) is 2.71. The highest BCUT2D eigenvalue weighted by Crippen LogP contribution is 2.23. The summed E-state index contributed by atoms with van der Waals surface area (Å²) in [6.45, 7) is 2.04. The number of hydrogen-bond acceptors (Lipinski definition) is 3. The summed E-state index contributed by atoms with van der Waals surface area (Å²) in [6, 6.07) is 22.1. The number of esters is 1. The highest BCUT2D eigenvalue weighted by Gasteiger charge is 2.27. The normalized spacial score (nSPS) is 13.1. The number of ether oxygens (including phenoxy) is 1. The van der Waals surface area contributed by atoms with Crippen LogP contribution < -0.4 is 0 Å². The molecule has 0 bridgehead atoms. The Morgan fingerprint density at radius 2 is 1.76 bits per heavy atom. The summed E-state index contributed by atoms with van der Waals surface area (Å²) in [5, 5.41) is 9.50. The second-order valence-electron chi connectivity index (χ2n) is 5.82. The van der Waals surface area contributed by atoms with Gasteiger partial charge < -0.3 is 4.74 Å². The Morgan fingerprint density at radius 1 is 1.12 bits per heavy atom. The maximum Gasteiger partial charge on any atom is 0.323 e. The molecule has 0 saturated heterocycles. The number of allylic oxidation sites excluding steroid dienone is 1. The van der Waals surface area contributed by atoms with Gasteiger partial charge in [0.1, 0.15) is 5.92 Å². The summed E-state index contributed by atoms with van der Waals surface area (Å²) in [4.78, 5) is 12.2. The third kappa shape index (κ3) is 5.93. The number of hydrogen-bond donors (Lipinski definition) is 0. The number of nitriles is 1. The zero-order chi connectivity index (χ0) is 17.9. The van der Waals surface area contributed by atoms with Crippen LogP contribution in [0.3, 0.4) is 0 Å². The van der Waals surface area contributed by atoms with Crippen LogP contribution in [0.2, 0.25) is 0 Å². The van der Waals surface area contributed by atoms with Gasteiger partial charge in [-0.25, -0.2) is 0 Å². The average molecular weight is 333 g/mol. The zero-order valence-electron chi connectivity index (χ0n) is 14.5. The molecular weight excluding hydrogens is 310 g/mol. The van der Waals surface area contributed by atoms with E-state index in [-0.39, 0.29) is 12.5 Å². The molecule has 0 amide bonds. The summed E-state index contributed by atoms with van der Waals surface area (Å²) in [5.74, 6) is -1.42. The number of benzene rings is 2. The molecule has 25 heavy (non-hydrogen) atoms. The minimum atomic E-state index is -0.788. The van der Waals surface area contributed by atoms with E-state index in [9.17, 15) is 10.1 Å². The Bertz CT molecular complexity index is 717. The molecule has 0 saturated carbocycles. The Morgan fingerprint density at radius 3 is 2.36 bits per heavy atom. The van der Waals surface area contributed by atoms with E-state index >= 15 is 0 Å². The minimum absolute atomic E-state index is 0.190. The van der Waals surface area contributed by atoms with Gasteiger partial charge in [-0.05, 0) is 30.9 Å². The maximum atomic E-state index is 12.2. The Labute approximate surface area is 149 Å². The number of aryl methyl sites for hydroxylation is 1. The van der Waals surface area contributed by atoms with Crippen LogP contribution in [0.25, 0.3) is 6.08 Å². The Kier molecular flexibility index (Phi) is 7.46. The first-order valence-corrected chi connectivity index (χ1v) is 8.58. The highest BCUT2D eigenvalue weighted by molar-refractivity contribution is 5.76. The van der Waals surface area contributed by atoms with Crippen molar-refractivity contribution in [2.45, 2.75) is 19.8 Å². The van der Waals surface area contributed by atoms with Crippen molar-refractivity contribution in [3.05, 3.63) is 77.9 Å². The van der Waals surface area contributed by atoms with Gasteiger partial charge in [-0.15, -0.1) is 0 Å². The Hall–Kier alpha value is -2.86. The molecule has 3 nitrogen and oxygen atoms in total. The molecular formula is C22H23NO2. The molecule has 0 N–H and O–H groups in total. The topological polar surface area (TPSA) is 50.1 Å². The van der Waals surface area contributed by atoms with Gasteiger partial charge in [0, 0.05) is 5.92 Å². The molecule has 0 aromatic heterocycles. The number of nitrogens with zero attached hydrogens (tertiary/aromatic N) is 1. The predicted octanol–water partition coefficient (Wildman–Crippen LogP) is 4.65. The minimum Gasteiger partial charge on any atom is -0.465 e. The molecule has 2 aromatic carbocycles. The average Bonchev–Trinajstić information content (AvgIpc) is 2.66. The largest absolute Gasteiger partial charge is 0.465 e. The molecule has 0 radical (unpaired) electrons. The molecule has 3 heteroatoms. The molecule has 0 aliphatic heterocycles. The van der Waals surface area contributed by atoms with Crippen molar-refractivity contribution < 1.29 is 9.53 Å². The van der Waals surface area contributed by atoms with Crippen molar-refractivity contribution in [1.82, 2.24) is 0 Å². The van der Waals surface area contributed by atoms with Crippen LogP contribution in [0.5, 0.6) is 0 Å². The second-order valence-corrected chi connectivity index (χ2v) is 5.82. The van der Waals surface area contributed by atoms with Crippen LogP contribution in [0.15, 0.2) is 66.7 Å². The van der Waals surface area contributed by atoms with Gasteiger partial charge in [-0.3, -0.25) is 4.79 Å². The van der Waals surface area contributed by atoms with Crippen LogP contribution in [0.1, 0.15) is 24.5 Å². The van der Waals surface area contributed by atoms with E-state index in [1.54, 1.807) is 6.92 Å². The predicted molar refractivity (Wildman–Crippen MR) is 99.5 cm³/mol. The van der Waals surface area contributed by atoms with Crippen LogP contribution in [0.4, 0.5) is 0 Å². The summed E-state index contributed by atoms with van der Waals surface area (Å²) >= 11 is 0. The van der Waals surface area contributed by atoms with E-state index in [0.717, 1.165) is 12.0 Å². The van der Waals surface area contributed by atoms with Gasteiger partial charge in [0.25, 0.3) is 0 Å². The molecule has 0 heterocycles. The third-order valence-corrected chi connectivity index (χ3v) is 4.05. The first-order chi connectivity index (χ1) is 12.2. The molecule has 0 spiro atoms. The monoisotopic (exact) mass is 333 g/mol. The number of carbonyl (C=O) groups excluding carboxylic acids is 1. The van der Waals surface area contributed by atoms with Gasteiger partial charge in [-0.2, -0.15) is 5.26 Å². The maximum absolute atomic E-state index is 12.2. The molecule has 128 valence electrons. The van der Waals surface area contributed by atoms with Crippen molar-refractivity contribution >= 4 is 12.0 Å². The smallest absolute Gasteiger partial charge is 0.323 e. The van der Waals surface area contributed by atoms with Crippen LogP contribution in [-0.2, 0) is 16.0 Å². The van der Waals surface area contributed by atoms with Gasteiger partial charge in [0.15, 0.2) is 0 Å². The zero-order valence-corrected chi connectivity index (χ0v) is 14.5. The molecule has 0 aliphatic rings. The molecule has 0 aliphatic carbocycles. The van der Waals surface area contributed by atoms with Crippen molar-refractivity contribution in [2.24, 2.45) is 11.8 Å². The summed E-state index contributed by atoms with van der Waals surface area (Å²) < 4.78 is 5.08. The summed E-state index contributed by atoms with van der Waals surface area (Å²) in [5.41, 5.74) is 2.24. The number of rotatable bonds is 8. The highest BCUT2D eigenvalue weighted by atomic mass is 16.5. The van der Waals surface area contributed by atoms with Gasteiger partial charge in [0.05, 0.1) is 12.7 Å². The van der Waals surface area contributed by atoms with Crippen molar-refractivity contribution in [1.29, 1.82) is 5.26 Å². The van der Waals surface area contributed by atoms with E-state index in [1.807, 2.05) is 60.7 Å². The summed E-state index contributed by atoms with van der Waals surface area (Å²) in [6.07, 6.45) is 5.45. The van der Waals surface area contributed by atoms with Crippen LogP contribution in [-0.4, -0.2) is 12.6 Å². The molecule has 2 aromatic rings. The fraction of sp³-hybridized carbons (Fsp3) is 0.273. The SMILES string of the molecule is CCOC(=O)C(C#N)C(/C=C/c1ccccc1)CCc1ccccc1. The lowest BCUT2D eigenvalue weighted by atomic mass is 9.87. The van der Waals surface area contributed by atoms with E-state index in [2.05, 4.69) is 18.2 Å². The molecule has 0 fully saturated rings. The summed E-state index contributed by atoms with van der Waals surface area (Å²) in [7, 11) is 0. The quantitative estimate of drug-likeness (QED) is 0.661. The van der Waals surface area contributed by atoms with E-state index in [0.29, 0.717) is 6.42 Å². The van der Waals surface area contributed by atoms with Crippen LogP contribution >= 0.6 is 0 Å².